The van der Waals surface area contributed by atoms with Crippen LogP contribution in [0, 0.1) is 13.8 Å². The number of thiazole rings is 1. The van der Waals surface area contributed by atoms with Crippen molar-refractivity contribution >= 4 is 41.3 Å². The summed E-state index contributed by atoms with van der Waals surface area (Å²) in [5.74, 6) is 0.843. The molecule has 2 rings (SSSR count). The van der Waals surface area contributed by atoms with E-state index in [0.29, 0.717) is 12.6 Å². The van der Waals surface area contributed by atoms with Gasteiger partial charge in [0.05, 0.1) is 23.8 Å². The summed E-state index contributed by atoms with van der Waals surface area (Å²) in [5.41, 5.74) is 3.71. The molecule has 0 aliphatic rings. The highest BCUT2D eigenvalue weighted by molar-refractivity contribution is 14.0. The Morgan fingerprint density at radius 2 is 1.86 bits per heavy atom. The number of aryl methyl sites for hydroxylation is 2. The fourth-order valence-corrected chi connectivity index (χ4v) is 3.60. The van der Waals surface area contributed by atoms with E-state index in [0.717, 1.165) is 36.3 Å². The van der Waals surface area contributed by atoms with Crippen molar-refractivity contribution in [3.05, 3.63) is 51.0 Å². The molecule has 1 heterocycles. The van der Waals surface area contributed by atoms with E-state index < -0.39 is 0 Å². The zero-order chi connectivity index (χ0) is 19.8. The second kappa shape index (κ2) is 12.4. The Bertz CT molecular complexity index is 757. The second-order valence-corrected chi connectivity index (χ2v) is 8.36. The lowest BCUT2D eigenvalue weighted by molar-refractivity contribution is 0.265. The smallest absolute Gasteiger partial charge is 0.191 e. The number of aromatic nitrogens is 1. The van der Waals surface area contributed by atoms with Crippen molar-refractivity contribution in [2.75, 3.05) is 13.6 Å². The van der Waals surface area contributed by atoms with E-state index in [4.69, 9.17) is 4.99 Å². The predicted octanol–water partition coefficient (Wildman–Crippen LogP) is 4.47. The van der Waals surface area contributed by atoms with E-state index in [2.05, 4.69) is 79.5 Å². The predicted molar refractivity (Wildman–Crippen MR) is 132 cm³/mol. The first-order valence-electron chi connectivity index (χ1n) is 9.62. The molecular formula is C21H34IN5S. The van der Waals surface area contributed by atoms with Crippen molar-refractivity contribution in [2.45, 2.75) is 60.3 Å². The quantitative estimate of drug-likeness (QED) is 0.310. The maximum Gasteiger partial charge on any atom is 0.191 e. The zero-order valence-corrected chi connectivity index (χ0v) is 21.0. The number of nitrogens with one attached hydrogen (secondary N) is 2. The summed E-state index contributed by atoms with van der Waals surface area (Å²) in [6, 6.07) is 9.09. The first kappa shape index (κ1) is 24.8. The Balaban J connectivity index is 0.00000392. The van der Waals surface area contributed by atoms with Gasteiger partial charge in [-0.2, -0.15) is 0 Å². The van der Waals surface area contributed by atoms with Gasteiger partial charge >= 0.3 is 0 Å². The molecule has 0 atom stereocenters. The molecule has 0 fully saturated rings. The van der Waals surface area contributed by atoms with E-state index in [1.807, 2.05) is 6.92 Å². The molecule has 2 aromatic rings. The number of aliphatic imine (C=N–C) groups is 1. The summed E-state index contributed by atoms with van der Waals surface area (Å²) in [5, 5.41) is 7.89. The third-order valence-electron chi connectivity index (χ3n) is 4.59. The van der Waals surface area contributed by atoms with Gasteiger partial charge in [0.25, 0.3) is 0 Å². The number of halogens is 1. The van der Waals surface area contributed by atoms with E-state index in [-0.39, 0.29) is 24.0 Å². The van der Waals surface area contributed by atoms with Crippen LogP contribution in [0.4, 0.5) is 0 Å². The number of rotatable bonds is 8. The SMILES string of the molecule is CCNC(=NCc1ccccc1CN(C)C(C)C)NCc1sc(C)nc1C.I. The molecule has 0 aliphatic carbocycles. The lowest BCUT2D eigenvalue weighted by Gasteiger charge is -2.22. The monoisotopic (exact) mass is 515 g/mol. The summed E-state index contributed by atoms with van der Waals surface area (Å²) in [6.45, 7) is 13.8. The van der Waals surface area contributed by atoms with Gasteiger partial charge in [0.15, 0.2) is 5.96 Å². The molecule has 1 aromatic carbocycles. The minimum atomic E-state index is 0. The Hall–Kier alpha value is -1.19. The van der Waals surface area contributed by atoms with Crippen molar-refractivity contribution in [1.82, 2.24) is 20.5 Å². The largest absolute Gasteiger partial charge is 0.357 e. The fraction of sp³-hybridized carbons (Fsp3) is 0.524. The average Bonchev–Trinajstić information content (AvgIpc) is 2.95. The number of benzene rings is 1. The van der Waals surface area contributed by atoms with Gasteiger partial charge in [0, 0.05) is 24.0 Å². The van der Waals surface area contributed by atoms with Crippen LogP contribution in [0.15, 0.2) is 29.3 Å². The third kappa shape index (κ3) is 7.67. The topological polar surface area (TPSA) is 52.6 Å². The number of hydrogen-bond donors (Lipinski definition) is 2. The highest BCUT2D eigenvalue weighted by atomic mass is 127. The number of nitrogens with zero attached hydrogens (tertiary/aromatic N) is 3. The molecule has 0 saturated carbocycles. The van der Waals surface area contributed by atoms with Gasteiger partial charge in [-0.05, 0) is 52.8 Å². The number of hydrogen-bond acceptors (Lipinski definition) is 4. The number of guanidine groups is 1. The van der Waals surface area contributed by atoms with Gasteiger partial charge in [-0.3, -0.25) is 4.90 Å². The highest BCUT2D eigenvalue weighted by Crippen LogP contribution is 2.17. The molecule has 0 saturated heterocycles. The highest BCUT2D eigenvalue weighted by Gasteiger charge is 2.09. The molecule has 0 bridgehead atoms. The third-order valence-corrected chi connectivity index (χ3v) is 5.66. The van der Waals surface area contributed by atoms with Crippen molar-refractivity contribution in [1.29, 1.82) is 0 Å². The van der Waals surface area contributed by atoms with Crippen LogP contribution in [-0.4, -0.2) is 35.5 Å². The summed E-state index contributed by atoms with van der Waals surface area (Å²) in [7, 11) is 2.16. The molecule has 2 N–H and O–H groups in total. The van der Waals surface area contributed by atoms with Crippen LogP contribution in [0.1, 0.15) is 47.5 Å². The van der Waals surface area contributed by atoms with Gasteiger partial charge in [-0.25, -0.2) is 9.98 Å². The summed E-state index contributed by atoms with van der Waals surface area (Å²) in [6.07, 6.45) is 0. The molecule has 0 aliphatic heterocycles. The first-order valence-corrected chi connectivity index (χ1v) is 10.4. The van der Waals surface area contributed by atoms with Gasteiger partial charge in [0.1, 0.15) is 0 Å². The van der Waals surface area contributed by atoms with Crippen LogP contribution in [0.5, 0.6) is 0 Å². The molecular weight excluding hydrogens is 481 g/mol. The molecule has 5 nitrogen and oxygen atoms in total. The summed E-state index contributed by atoms with van der Waals surface area (Å²) < 4.78 is 0. The molecule has 0 amide bonds. The van der Waals surface area contributed by atoms with Crippen LogP contribution in [-0.2, 0) is 19.6 Å². The maximum atomic E-state index is 4.81. The molecule has 0 unspecified atom stereocenters. The van der Waals surface area contributed by atoms with Crippen LogP contribution in [0.25, 0.3) is 0 Å². The minimum absolute atomic E-state index is 0. The van der Waals surface area contributed by atoms with Crippen LogP contribution in [0.3, 0.4) is 0 Å². The lowest BCUT2D eigenvalue weighted by Crippen LogP contribution is -2.36. The van der Waals surface area contributed by atoms with Crippen LogP contribution in [0.2, 0.25) is 0 Å². The van der Waals surface area contributed by atoms with Crippen molar-refractivity contribution in [2.24, 2.45) is 4.99 Å². The molecule has 28 heavy (non-hydrogen) atoms. The summed E-state index contributed by atoms with van der Waals surface area (Å²) in [4.78, 5) is 12.9. The van der Waals surface area contributed by atoms with E-state index >= 15 is 0 Å². The van der Waals surface area contributed by atoms with Gasteiger partial charge < -0.3 is 10.6 Å². The van der Waals surface area contributed by atoms with Gasteiger partial charge in [-0.15, -0.1) is 35.3 Å². The molecule has 0 radical (unpaired) electrons. The summed E-state index contributed by atoms with van der Waals surface area (Å²) >= 11 is 1.74. The fourth-order valence-electron chi connectivity index (χ4n) is 2.72. The Kier molecular flexibility index (Phi) is 11.0. The first-order chi connectivity index (χ1) is 12.9. The van der Waals surface area contributed by atoms with Crippen LogP contribution >= 0.6 is 35.3 Å². The zero-order valence-electron chi connectivity index (χ0n) is 17.9. The normalized spacial score (nSPS) is 11.6. The van der Waals surface area contributed by atoms with Gasteiger partial charge in [-0.1, -0.05) is 24.3 Å². The van der Waals surface area contributed by atoms with E-state index in [9.17, 15) is 0 Å². The van der Waals surface area contributed by atoms with Gasteiger partial charge in [0.2, 0.25) is 0 Å². The minimum Gasteiger partial charge on any atom is -0.357 e. The standard InChI is InChI=1S/C21H33N5S.HI/c1-7-22-21(24-13-20-16(4)25-17(5)27-20)23-12-18-10-8-9-11-19(18)14-26(6)15(2)3;/h8-11,15H,7,12-14H2,1-6H3,(H2,22,23,24);1H. The lowest BCUT2D eigenvalue weighted by atomic mass is 10.1. The van der Waals surface area contributed by atoms with Crippen molar-refractivity contribution < 1.29 is 0 Å². The van der Waals surface area contributed by atoms with Crippen LogP contribution < -0.4 is 10.6 Å². The van der Waals surface area contributed by atoms with E-state index in [1.165, 1.54) is 16.0 Å². The Morgan fingerprint density at radius 3 is 2.43 bits per heavy atom. The molecule has 7 heteroatoms. The molecule has 0 spiro atoms. The Morgan fingerprint density at radius 1 is 1.18 bits per heavy atom. The average molecular weight is 516 g/mol. The van der Waals surface area contributed by atoms with Crippen molar-refractivity contribution in [3.63, 3.8) is 0 Å². The van der Waals surface area contributed by atoms with E-state index in [1.54, 1.807) is 11.3 Å². The molecule has 156 valence electrons. The maximum absolute atomic E-state index is 4.81. The Labute approximate surface area is 191 Å². The second-order valence-electron chi connectivity index (χ2n) is 7.07. The molecule has 1 aromatic heterocycles. The van der Waals surface area contributed by atoms with Crippen molar-refractivity contribution in [3.8, 4) is 0 Å².